The minimum absolute atomic E-state index is 1.10. The van der Waals surface area contributed by atoms with Gasteiger partial charge in [-0.1, -0.05) is 80.0 Å². The predicted octanol–water partition coefficient (Wildman–Crippen LogP) is 6.05. The molecule has 0 nitrogen and oxygen atoms in total. The Morgan fingerprint density at radius 1 is 0.789 bits per heavy atom. The topological polar surface area (TPSA) is 0 Å². The minimum Gasteiger partial charge on any atom is -0.135 e. The molecule has 0 amide bonds. The van der Waals surface area contributed by atoms with Gasteiger partial charge in [0.25, 0.3) is 0 Å². The van der Waals surface area contributed by atoms with Crippen LogP contribution in [-0.2, 0) is 0 Å². The standard InChI is InChI=1S/C7H11ClSi.C5H10Si.C2H2Cl2/c1-9(2,3)7-5-4-6-8;1-5-6(2,3)4;3-1-2-4/h4,6H,1-3H3;1H,2-4H3;1-2H/b6-4-;;2-1-. The highest BCUT2D eigenvalue weighted by atomic mass is 35.5. The van der Waals surface area contributed by atoms with E-state index in [1.54, 1.807) is 6.08 Å². The summed E-state index contributed by atoms with van der Waals surface area (Å²) in [6.45, 7) is 13.0. The highest BCUT2D eigenvalue weighted by Gasteiger charge is 2.06. The fourth-order valence-electron chi connectivity index (χ4n) is 0.290. The van der Waals surface area contributed by atoms with E-state index in [4.69, 9.17) is 41.2 Å². The number of allylic oxidation sites excluding steroid dienone is 1. The van der Waals surface area contributed by atoms with Crippen molar-refractivity contribution in [2.45, 2.75) is 39.3 Å². The Kier molecular flexibility index (Phi) is 18.1. The van der Waals surface area contributed by atoms with Gasteiger partial charge < -0.3 is 0 Å². The van der Waals surface area contributed by atoms with E-state index in [-0.39, 0.29) is 0 Å². The molecule has 0 unspecified atom stereocenters. The second kappa shape index (κ2) is 14.3. The molecule has 108 valence electrons. The van der Waals surface area contributed by atoms with Gasteiger partial charge in [-0.15, -0.1) is 17.5 Å². The number of terminal acetylenes is 1. The highest BCUT2D eigenvalue weighted by molar-refractivity contribution is 6.84. The molecular formula is C14H23Cl3Si2. The minimum atomic E-state index is -1.17. The number of hydrogen-bond acceptors (Lipinski definition) is 0. The van der Waals surface area contributed by atoms with E-state index in [1.807, 2.05) is 0 Å². The summed E-state index contributed by atoms with van der Waals surface area (Å²) < 4.78 is 0. The van der Waals surface area contributed by atoms with Crippen LogP contribution in [0.5, 0.6) is 0 Å². The van der Waals surface area contributed by atoms with Gasteiger partial charge in [0.05, 0.1) is 0 Å². The van der Waals surface area contributed by atoms with Gasteiger partial charge in [-0.3, -0.25) is 0 Å². The van der Waals surface area contributed by atoms with E-state index in [9.17, 15) is 0 Å². The van der Waals surface area contributed by atoms with Gasteiger partial charge in [0.2, 0.25) is 0 Å². The first-order valence-corrected chi connectivity index (χ1v) is 14.0. The van der Waals surface area contributed by atoms with Crippen molar-refractivity contribution in [3.8, 4) is 23.4 Å². The Morgan fingerprint density at radius 3 is 1.32 bits per heavy atom. The zero-order valence-electron chi connectivity index (χ0n) is 12.5. The van der Waals surface area contributed by atoms with Crippen molar-refractivity contribution in [2.75, 3.05) is 0 Å². The van der Waals surface area contributed by atoms with Crippen LogP contribution in [0.15, 0.2) is 22.7 Å². The normalized spacial score (nSPS) is 10.5. The maximum absolute atomic E-state index is 5.26. The van der Waals surface area contributed by atoms with Crippen LogP contribution in [-0.4, -0.2) is 16.1 Å². The lowest BCUT2D eigenvalue weighted by Crippen LogP contribution is -2.16. The second-order valence-corrected chi connectivity index (χ2v) is 15.8. The maximum Gasteiger partial charge on any atom is 0.129 e. The SMILES string of the molecule is C#C[Si](C)(C)C.C[Si](C)(C)C#C/C=C\Cl.Cl/C=C\Cl. The van der Waals surface area contributed by atoms with Crippen LogP contribution in [0.25, 0.3) is 0 Å². The molecule has 0 radical (unpaired) electrons. The number of hydrogen-bond donors (Lipinski definition) is 0. The van der Waals surface area contributed by atoms with Crippen molar-refractivity contribution >= 4 is 51.0 Å². The molecule has 0 saturated heterocycles. The van der Waals surface area contributed by atoms with E-state index < -0.39 is 16.1 Å². The molecule has 0 aromatic rings. The summed E-state index contributed by atoms with van der Waals surface area (Å²) in [7, 11) is -2.27. The van der Waals surface area contributed by atoms with E-state index in [0.29, 0.717) is 0 Å². The third-order valence-electron chi connectivity index (χ3n) is 1.07. The van der Waals surface area contributed by atoms with Gasteiger partial charge in [0.1, 0.15) is 16.1 Å². The molecule has 0 aromatic carbocycles. The Labute approximate surface area is 136 Å². The van der Waals surface area contributed by atoms with Crippen molar-refractivity contribution in [1.29, 1.82) is 0 Å². The Bertz CT molecular complexity index is 351. The third kappa shape index (κ3) is 46.2. The molecule has 0 spiro atoms. The average Bonchev–Trinajstić information content (AvgIpc) is 2.28. The summed E-state index contributed by atoms with van der Waals surface area (Å²) in [4.78, 5) is 0. The van der Waals surface area contributed by atoms with Gasteiger partial charge >= 0.3 is 0 Å². The zero-order chi connectivity index (χ0) is 15.9. The fraction of sp³-hybridized carbons (Fsp3) is 0.429. The van der Waals surface area contributed by atoms with Crippen LogP contribution in [0.2, 0.25) is 39.3 Å². The van der Waals surface area contributed by atoms with Crippen LogP contribution in [0, 0.1) is 23.4 Å². The lowest BCUT2D eigenvalue weighted by atomic mass is 10.7. The number of halogens is 3. The molecule has 0 aliphatic rings. The highest BCUT2D eigenvalue weighted by Crippen LogP contribution is 1.96. The molecule has 19 heavy (non-hydrogen) atoms. The van der Waals surface area contributed by atoms with Crippen LogP contribution in [0.3, 0.4) is 0 Å². The smallest absolute Gasteiger partial charge is 0.129 e. The summed E-state index contributed by atoms with van der Waals surface area (Å²) in [5.41, 5.74) is 9.80. The van der Waals surface area contributed by atoms with Crippen LogP contribution in [0.4, 0.5) is 0 Å². The summed E-state index contributed by atoms with van der Waals surface area (Å²) in [5, 5.41) is 0. The van der Waals surface area contributed by atoms with E-state index in [0.717, 1.165) is 0 Å². The van der Waals surface area contributed by atoms with Crippen LogP contribution >= 0.6 is 34.8 Å². The van der Waals surface area contributed by atoms with Gasteiger partial charge in [-0.05, 0) is 6.08 Å². The number of rotatable bonds is 0. The molecule has 0 fully saturated rings. The lowest BCUT2D eigenvalue weighted by Gasteiger charge is -2.01. The summed E-state index contributed by atoms with van der Waals surface area (Å²) >= 11 is 15.0. The second-order valence-electron chi connectivity index (χ2n) is 5.46. The largest absolute Gasteiger partial charge is 0.135 e. The molecule has 0 bridgehead atoms. The molecule has 0 aliphatic carbocycles. The monoisotopic (exact) mass is 352 g/mol. The quantitative estimate of drug-likeness (QED) is 0.367. The maximum atomic E-state index is 5.26. The van der Waals surface area contributed by atoms with Crippen molar-refractivity contribution in [1.82, 2.24) is 0 Å². The fourth-order valence-corrected chi connectivity index (χ4v) is 0.869. The first-order valence-electron chi connectivity index (χ1n) is 5.65. The van der Waals surface area contributed by atoms with Crippen molar-refractivity contribution in [3.05, 3.63) is 22.7 Å². The first kappa shape index (κ1) is 24.0. The molecule has 0 rings (SSSR count). The van der Waals surface area contributed by atoms with E-state index in [2.05, 4.69) is 56.3 Å². The third-order valence-corrected chi connectivity index (χ3v) is 3.34. The Morgan fingerprint density at radius 2 is 1.16 bits per heavy atom. The molecule has 5 heteroatoms. The van der Waals surface area contributed by atoms with Gasteiger partial charge in [-0.25, -0.2) is 0 Å². The molecule has 0 N–H and O–H groups in total. The lowest BCUT2D eigenvalue weighted by molar-refractivity contribution is 1.81. The van der Waals surface area contributed by atoms with Gasteiger partial charge in [0, 0.05) is 16.6 Å². The van der Waals surface area contributed by atoms with Gasteiger partial charge in [0.15, 0.2) is 0 Å². The first-order chi connectivity index (χ1) is 8.54. The molecule has 0 aromatic heterocycles. The molecule has 0 saturated carbocycles. The molecule has 0 aliphatic heterocycles. The summed E-state index contributed by atoms with van der Waals surface area (Å²) in [5.74, 6) is 2.87. The molecular weight excluding hydrogens is 331 g/mol. The van der Waals surface area contributed by atoms with Crippen LogP contribution < -0.4 is 0 Å². The van der Waals surface area contributed by atoms with Crippen molar-refractivity contribution in [3.63, 3.8) is 0 Å². The van der Waals surface area contributed by atoms with Gasteiger partial charge in [-0.2, -0.15) is 0 Å². The zero-order valence-corrected chi connectivity index (χ0v) is 16.8. The van der Waals surface area contributed by atoms with Crippen molar-refractivity contribution < 1.29 is 0 Å². The van der Waals surface area contributed by atoms with Crippen molar-refractivity contribution in [2.24, 2.45) is 0 Å². The predicted molar refractivity (Wildman–Crippen MR) is 99.1 cm³/mol. The summed E-state index contributed by atoms with van der Waals surface area (Å²) in [6.07, 6.45) is 6.78. The Hall–Kier alpha value is -0.0962. The van der Waals surface area contributed by atoms with E-state index >= 15 is 0 Å². The molecule has 0 heterocycles. The van der Waals surface area contributed by atoms with Crippen LogP contribution in [0.1, 0.15) is 0 Å². The summed E-state index contributed by atoms with van der Waals surface area (Å²) in [6, 6.07) is 0. The average molecular weight is 354 g/mol. The van der Waals surface area contributed by atoms with E-state index in [1.165, 1.54) is 16.6 Å². The molecule has 0 atom stereocenters. The Balaban J connectivity index is -0.000000222.